The number of hydrogen-bond acceptors (Lipinski definition) is 3. The van der Waals surface area contributed by atoms with Crippen LogP contribution in [0.15, 0.2) is 54.6 Å². The van der Waals surface area contributed by atoms with Gasteiger partial charge in [-0.25, -0.2) is 0 Å². The first-order chi connectivity index (χ1) is 12.1. The molecular weight excluding hydrogens is 316 g/mol. The molecule has 5 heteroatoms. The summed E-state index contributed by atoms with van der Waals surface area (Å²) in [7, 11) is 0. The highest BCUT2D eigenvalue weighted by molar-refractivity contribution is 5.81. The van der Waals surface area contributed by atoms with E-state index >= 15 is 0 Å². The summed E-state index contributed by atoms with van der Waals surface area (Å²) in [4.78, 5) is 25.9. The number of amides is 2. The number of fused-ring (bicyclic) bond motifs is 1. The highest BCUT2D eigenvalue weighted by atomic mass is 16.5. The minimum absolute atomic E-state index is 0.000365. The van der Waals surface area contributed by atoms with Crippen molar-refractivity contribution in [3.63, 3.8) is 0 Å². The van der Waals surface area contributed by atoms with E-state index in [2.05, 4.69) is 0 Å². The molecule has 0 saturated carbocycles. The minimum atomic E-state index is -0.406. The van der Waals surface area contributed by atoms with Crippen LogP contribution in [0.4, 0.5) is 0 Å². The van der Waals surface area contributed by atoms with E-state index in [4.69, 9.17) is 10.5 Å². The summed E-state index contributed by atoms with van der Waals surface area (Å²) in [6.45, 7) is 1.14. The Kier molecular flexibility index (Phi) is 5.33. The Labute approximate surface area is 147 Å². The second-order valence-electron chi connectivity index (χ2n) is 6.28. The molecule has 25 heavy (non-hydrogen) atoms. The molecule has 1 aliphatic rings. The smallest absolute Gasteiger partial charge is 0.229 e. The van der Waals surface area contributed by atoms with Crippen LogP contribution in [0.2, 0.25) is 0 Å². The normalized spacial score (nSPS) is 15.8. The number of para-hydroxylation sites is 1. The zero-order chi connectivity index (χ0) is 17.6. The number of rotatable bonds is 6. The summed E-state index contributed by atoms with van der Waals surface area (Å²) in [5.41, 5.74) is 7.34. The monoisotopic (exact) mass is 338 g/mol. The number of primary amides is 1. The van der Waals surface area contributed by atoms with E-state index in [1.807, 2.05) is 54.6 Å². The van der Waals surface area contributed by atoms with Gasteiger partial charge in [-0.15, -0.1) is 0 Å². The number of carbonyl (C=O) groups is 2. The van der Waals surface area contributed by atoms with Gasteiger partial charge in [0, 0.05) is 19.5 Å². The van der Waals surface area contributed by atoms with Gasteiger partial charge in [-0.05, 0) is 23.6 Å². The van der Waals surface area contributed by atoms with E-state index in [0.717, 1.165) is 16.9 Å². The lowest BCUT2D eigenvalue weighted by molar-refractivity contribution is -0.138. The van der Waals surface area contributed by atoms with Gasteiger partial charge >= 0.3 is 0 Å². The van der Waals surface area contributed by atoms with E-state index in [9.17, 15) is 9.59 Å². The molecule has 3 rings (SSSR count). The SMILES string of the molecule is NC(=O)CCN(Cc1ccccc1)C(=O)C1COc2ccccc2C1. The van der Waals surface area contributed by atoms with Crippen molar-refractivity contribution in [2.45, 2.75) is 19.4 Å². The third kappa shape index (κ3) is 4.38. The van der Waals surface area contributed by atoms with Gasteiger partial charge in [0.05, 0.1) is 5.92 Å². The molecule has 1 atom stereocenters. The number of carbonyl (C=O) groups excluding carboxylic acids is 2. The van der Waals surface area contributed by atoms with Crippen molar-refractivity contribution in [3.8, 4) is 5.75 Å². The Bertz CT molecular complexity index is 746. The fraction of sp³-hybridized carbons (Fsp3) is 0.300. The lowest BCUT2D eigenvalue weighted by atomic mass is 9.95. The Morgan fingerprint density at radius 3 is 2.56 bits per heavy atom. The molecule has 0 bridgehead atoms. The zero-order valence-corrected chi connectivity index (χ0v) is 14.1. The summed E-state index contributed by atoms with van der Waals surface area (Å²) >= 11 is 0. The molecule has 0 fully saturated rings. The topological polar surface area (TPSA) is 72.6 Å². The maximum atomic E-state index is 13.0. The number of nitrogens with two attached hydrogens (primary N) is 1. The molecular formula is C20H22N2O3. The van der Waals surface area contributed by atoms with Crippen molar-refractivity contribution in [1.29, 1.82) is 0 Å². The lowest BCUT2D eigenvalue weighted by Gasteiger charge is -2.30. The summed E-state index contributed by atoms with van der Waals surface area (Å²) in [5.74, 6) is 0.195. The fourth-order valence-electron chi connectivity index (χ4n) is 3.06. The van der Waals surface area contributed by atoms with Crippen LogP contribution < -0.4 is 10.5 Å². The second-order valence-corrected chi connectivity index (χ2v) is 6.28. The number of nitrogens with zero attached hydrogens (tertiary/aromatic N) is 1. The predicted octanol–water partition coefficient (Wildman–Crippen LogP) is 2.14. The average molecular weight is 338 g/mol. The molecule has 0 aromatic heterocycles. The van der Waals surface area contributed by atoms with Crippen LogP contribution in [-0.2, 0) is 22.6 Å². The van der Waals surface area contributed by atoms with E-state index in [-0.39, 0.29) is 18.2 Å². The fourth-order valence-corrected chi connectivity index (χ4v) is 3.06. The van der Waals surface area contributed by atoms with Crippen molar-refractivity contribution in [2.75, 3.05) is 13.2 Å². The Morgan fingerprint density at radius 2 is 1.80 bits per heavy atom. The Morgan fingerprint density at radius 1 is 1.08 bits per heavy atom. The standard InChI is InChI=1S/C20H22N2O3/c21-19(23)10-11-22(13-15-6-2-1-3-7-15)20(24)17-12-16-8-4-5-9-18(16)25-14-17/h1-9,17H,10-14H2,(H2,21,23). The van der Waals surface area contributed by atoms with Gasteiger partial charge in [0.15, 0.2) is 0 Å². The molecule has 0 saturated heterocycles. The molecule has 0 aliphatic carbocycles. The van der Waals surface area contributed by atoms with Crippen LogP contribution in [0.5, 0.6) is 5.75 Å². The van der Waals surface area contributed by atoms with E-state index in [1.165, 1.54) is 0 Å². The van der Waals surface area contributed by atoms with E-state index < -0.39 is 5.91 Å². The number of hydrogen-bond donors (Lipinski definition) is 1. The van der Waals surface area contributed by atoms with Crippen molar-refractivity contribution in [3.05, 3.63) is 65.7 Å². The number of ether oxygens (including phenoxy) is 1. The minimum Gasteiger partial charge on any atom is -0.492 e. The first-order valence-corrected chi connectivity index (χ1v) is 8.45. The molecule has 2 amide bonds. The van der Waals surface area contributed by atoms with Crippen LogP contribution in [0, 0.1) is 5.92 Å². The molecule has 1 heterocycles. The quantitative estimate of drug-likeness (QED) is 0.877. The van der Waals surface area contributed by atoms with Crippen LogP contribution in [-0.4, -0.2) is 29.9 Å². The molecule has 130 valence electrons. The molecule has 2 aromatic rings. The molecule has 2 N–H and O–H groups in total. The van der Waals surface area contributed by atoms with Gasteiger partial charge in [0.1, 0.15) is 12.4 Å². The zero-order valence-electron chi connectivity index (χ0n) is 14.1. The predicted molar refractivity (Wildman–Crippen MR) is 94.8 cm³/mol. The summed E-state index contributed by atoms with van der Waals surface area (Å²) in [5, 5.41) is 0. The average Bonchev–Trinajstić information content (AvgIpc) is 2.65. The van der Waals surface area contributed by atoms with Gasteiger partial charge in [-0.3, -0.25) is 9.59 Å². The van der Waals surface area contributed by atoms with Gasteiger partial charge in [0.2, 0.25) is 11.8 Å². The molecule has 5 nitrogen and oxygen atoms in total. The highest BCUT2D eigenvalue weighted by Gasteiger charge is 2.29. The molecule has 0 spiro atoms. The van der Waals surface area contributed by atoms with Crippen molar-refractivity contribution < 1.29 is 14.3 Å². The highest BCUT2D eigenvalue weighted by Crippen LogP contribution is 2.28. The molecule has 1 aliphatic heterocycles. The maximum Gasteiger partial charge on any atom is 0.229 e. The van der Waals surface area contributed by atoms with E-state index in [1.54, 1.807) is 4.90 Å². The van der Waals surface area contributed by atoms with Gasteiger partial charge in [-0.1, -0.05) is 48.5 Å². The van der Waals surface area contributed by atoms with Gasteiger partial charge in [0.25, 0.3) is 0 Å². The maximum absolute atomic E-state index is 13.0. The summed E-state index contributed by atoms with van der Waals surface area (Å²) in [6.07, 6.45) is 0.805. The lowest BCUT2D eigenvalue weighted by Crippen LogP contribution is -2.41. The third-order valence-electron chi connectivity index (χ3n) is 4.38. The summed E-state index contributed by atoms with van der Waals surface area (Å²) in [6, 6.07) is 17.5. The Hall–Kier alpha value is -2.82. The second kappa shape index (κ2) is 7.83. The summed E-state index contributed by atoms with van der Waals surface area (Å²) < 4.78 is 5.74. The van der Waals surface area contributed by atoms with Crippen LogP contribution in [0.25, 0.3) is 0 Å². The van der Waals surface area contributed by atoms with Gasteiger partial charge < -0.3 is 15.4 Å². The first kappa shape index (κ1) is 17.0. The van der Waals surface area contributed by atoms with Crippen molar-refractivity contribution in [2.24, 2.45) is 11.7 Å². The largest absolute Gasteiger partial charge is 0.492 e. The Balaban J connectivity index is 1.73. The van der Waals surface area contributed by atoms with Crippen molar-refractivity contribution in [1.82, 2.24) is 4.90 Å². The molecule has 0 radical (unpaired) electrons. The number of benzene rings is 2. The third-order valence-corrected chi connectivity index (χ3v) is 4.38. The van der Waals surface area contributed by atoms with Gasteiger partial charge in [-0.2, -0.15) is 0 Å². The van der Waals surface area contributed by atoms with Crippen LogP contribution in [0.3, 0.4) is 0 Å². The van der Waals surface area contributed by atoms with E-state index in [0.29, 0.717) is 26.1 Å². The molecule has 1 unspecified atom stereocenters. The van der Waals surface area contributed by atoms with Crippen LogP contribution in [0.1, 0.15) is 17.5 Å². The van der Waals surface area contributed by atoms with Crippen molar-refractivity contribution >= 4 is 11.8 Å². The van der Waals surface area contributed by atoms with Crippen LogP contribution >= 0.6 is 0 Å². The first-order valence-electron chi connectivity index (χ1n) is 8.45. The molecule has 2 aromatic carbocycles.